The zero-order chi connectivity index (χ0) is 12.0. The molecule has 0 aliphatic carbocycles. The largest absolute Gasteiger partial charge is 0.506 e. The smallest absolute Gasteiger partial charge is 0.170 e. The highest BCUT2D eigenvalue weighted by molar-refractivity contribution is 7.80. The summed E-state index contributed by atoms with van der Waals surface area (Å²) >= 11 is 10.9. The van der Waals surface area contributed by atoms with E-state index in [4.69, 9.17) is 23.8 Å². The predicted molar refractivity (Wildman–Crippen MR) is 72.2 cm³/mol. The van der Waals surface area contributed by atoms with Gasteiger partial charge in [0.15, 0.2) is 5.11 Å². The summed E-state index contributed by atoms with van der Waals surface area (Å²) in [4.78, 5) is 0. The van der Waals surface area contributed by atoms with Crippen LogP contribution in [-0.4, -0.2) is 16.8 Å². The molecule has 0 amide bonds. The van der Waals surface area contributed by atoms with E-state index in [9.17, 15) is 5.11 Å². The van der Waals surface area contributed by atoms with Crippen molar-refractivity contribution in [3.8, 4) is 5.75 Å². The third-order valence-corrected chi connectivity index (χ3v) is 2.50. The molecule has 0 fully saturated rings. The lowest BCUT2D eigenvalue weighted by Crippen LogP contribution is -2.29. The Morgan fingerprint density at radius 3 is 2.94 bits per heavy atom. The molecule has 0 aromatic heterocycles. The van der Waals surface area contributed by atoms with Gasteiger partial charge in [-0.05, 0) is 36.8 Å². The van der Waals surface area contributed by atoms with Crippen molar-refractivity contribution in [3.05, 3.63) is 23.2 Å². The number of rotatable bonds is 4. The van der Waals surface area contributed by atoms with Gasteiger partial charge in [0.1, 0.15) is 5.75 Å². The minimum Gasteiger partial charge on any atom is -0.506 e. The maximum absolute atomic E-state index is 9.55. The van der Waals surface area contributed by atoms with E-state index < -0.39 is 0 Å². The monoisotopic (exact) mass is 258 g/mol. The summed E-state index contributed by atoms with van der Waals surface area (Å²) in [6.07, 6.45) is 2.17. The van der Waals surface area contributed by atoms with Crippen molar-refractivity contribution in [2.75, 3.05) is 11.9 Å². The molecule has 0 bridgehead atoms. The number of phenols is 1. The molecular weight excluding hydrogens is 244 g/mol. The molecule has 0 saturated heterocycles. The fraction of sp³-hybridized carbons (Fsp3) is 0.364. The molecule has 1 aromatic rings. The molecule has 5 heteroatoms. The Morgan fingerprint density at radius 2 is 2.25 bits per heavy atom. The Labute approximate surface area is 106 Å². The van der Waals surface area contributed by atoms with Gasteiger partial charge in [0, 0.05) is 11.6 Å². The van der Waals surface area contributed by atoms with Crippen LogP contribution >= 0.6 is 23.8 Å². The maximum atomic E-state index is 9.55. The Hall–Kier alpha value is -1.00. The van der Waals surface area contributed by atoms with E-state index in [2.05, 4.69) is 17.6 Å². The summed E-state index contributed by atoms with van der Waals surface area (Å²) in [5, 5.41) is 16.5. The standard InChI is InChI=1S/C11H15ClN2OS/c1-2-3-6-13-11(16)14-9-7-8(12)4-5-10(9)15/h4-5,7,15H,2-3,6H2,1H3,(H2,13,14,16). The third kappa shape index (κ3) is 4.24. The van der Waals surface area contributed by atoms with Crippen LogP contribution in [-0.2, 0) is 0 Å². The SMILES string of the molecule is CCCCNC(=S)Nc1cc(Cl)ccc1O. The van der Waals surface area contributed by atoms with Gasteiger partial charge in [-0.3, -0.25) is 0 Å². The summed E-state index contributed by atoms with van der Waals surface area (Å²) in [6.45, 7) is 2.94. The lowest BCUT2D eigenvalue weighted by Gasteiger charge is -2.11. The molecule has 0 radical (unpaired) electrons. The molecule has 1 rings (SSSR count). The van der Waals surface area contributed by atoms with Crippen molar-refractivity contribution < 1.29 is 5.11 Å². The van der Waals surface area contributed by atoms with Gasteiger partial charge in [-0.2, -0.15) is 0 Å². The van der Waals surface area contributed by atoms with Crippen LogP contribution in [0, 0.1) is 0 Å². The topological polar surface area (TPSA) is 44.3 Å². The fourth-order valence-corrected chi connectivity index (χ4v) is 1.54. The molecule has 88 valence electrons. The second-order valence-corrected chi connectivity index (χ2v) is 4.24. The molecule has 1 aromatic carbocycles. The molecule has 16 heavy (non-hydrogen) atoms. The van der Waals surface area contributed by atoms with Gasteiger partial charge in [0.25, 0.3) is 0 Å². The quantitative estimate of drug-likeness (QED) is 0.441. The second kappa shape index (κ2) is 6.55. The number of hydrogen-bond donors (Lipinski definition) is 3. The number of halogens is 1. The number of benzene rings is 1. The van der Waals surface area contributed by atoms with E-state index in [1.165, 1.54) is 6.07 Å². The van der Waals surface area contributed by atoms with Gasteiger partial charge in [-0.25, -0.2) is 0 Å². The van der Waals surface area contributed by atoms with Crippen LogP contribution in [0.1, 0.15) is 19.8 Å². The summed E-state index contributed by atoms with van der Waals surface area (Å²) < 4.78 is 0. The first kappa shape index (κ1) is 13.1. The van der Waals surface area contributed by atoms with Gasteiger partial charge < -0.3 is 15.7 Å². The van der Waals surface area contributed by atoms with Crippen LogP contribution in [0.3, 0.4) is 0 Å². The van der Waals surface area contributed by atoms with E-state index in [0.717, 1.165) is 19.4 Å². The number of anilines is 1. The van der Waals surface area contributed by atoms with Gasteiger partial charge in [0.05, 0.1) is 5.69 Å². The number of hydrogen-bond acceptors (Lipinski definition) is 2. The minimum atomic E-state index is 0.129. The third-order valence-electron chi connectivity index (χ3n) is 2.02. The van der Waals surface area contributed by atoms with E-state index in [1.807, 2.05) is 0 Å². The average Bonchev–Trinajstić information content (AvgIpc) is 2.24. The Morgan fingerprint density at radius 1 is 1.50 bits per heavy atom. The zero-order valence-corrected chi connectivity index (χ0v) is 10.7. The Kier molecular flexibility index (Phi) is 5.35. The second-order valence-electron chi connectivity index (χ2n) is 3.40. The van der Waals surface area contributed by atoms with Crippen molar-refractivity contribution in [1.29, 1.82) is 0 Å². The molecule has 0 unspecified atom stereocenters. The van der Waals surface area contributed by atoms with Gasteiger partial charge in [-0.1, -0.05) is 24.9 Å². The summed E-state index contributed by atoms with van der Waals surface area (Å²) in [5.41, 5.74) is 0.515. The van der Waals surface area contributed by atoms with Crippen LogP contribution in [0.2, 0.25) is 5.02 Å². The van der Waals surface area contributed by atoms with Crippen LogP contribution in [0.25, 0.3) is 0 Å². The summed E-state index contributed by atoms with van der Waals surface area (Å²) in [5.74, 6) is 0.129. The highest BCUT2D eigenvalue weighted by atomic mass is 35.5. The van der Waals surface area contributed by atoms with Crippen molar-refractivity contribution >= 4 is 34.6 Å². The van der Waals surface area contributed by atoms with Crippen LogP contribution in [0.4, 0.5) is 5.69 Å². The number of phenolic OH excluding ortho intramolecular Hbond substituents is 1. The van der Waals surface area contributed by atoms with E-state index in [0.29, 0.717) is 15.8 Å². The first-order valence-corrected chi connectivity index (χ1v) is 5.95. The molecule has 0 saturated carbocycles. The molecule has 0 aliphatic heterocycles. The highest BCUT2D eigenvalue weighted by Gasteiger charge is 2.03. The van der Waals surface area contributed by atoms with Gasteiger partial charge in [0.2, 0.25) is 0 Å². The van der Waals surface area contributed by atoms with E-state index >= 15 is 0 Å². The molecule has 3 nitrogen and oxygen atoms in total. The van der Waals surface area contributed by atoms with Crippen molar-refractivity contribution in [1.82, 2.24) is 5.32 Å². The first-order valence-electron chi connectivity index (χ1n) is 5.17. The number of thiocarbonyl (C=S) groups is 1. The van der Waals surface area contributed by atoms with E-state index in [-0.39, 0.29) is 5.75 Å². The molecule has 0 heterocycles. The van der Waals surface area contributed by atoms with Crippen LogP contribution in [0.15, 0.2) is 18.2 Å². The maximum Gasteiger partial charge on any atom is 0.170 e. The minimum absolute atomic E-state index is 0.129. The highest BCUT2D eigenvalue weighted by Crippen LogP contribution is 2.26. The Balaban J connectivity index is 2.52. The number of aromatic hydroxyl groups is 1. The molecule has 0 atom stereocenters. The molecule has 0 aliphatic rings. The average molecular weight is 259 g/mol. The molecule has 3 N–H and O–H groups in total. The predicted octanol–water partition coefficient (Wildman–Crippen LogP) is 3.13. The normalized spacial score (nSPS) is 9.88. The zero-order valence-electron chi connectivity index (χ0n) is 9.09. The number of nitrogens with one attached hydrogen (secondary N) is 2. The Bertz CT molecular complexity index is 371. The summed E-state index contributed by atoms with van der Waals surface area (Å²) in [7, 11) is 0. The van der Waals surface area contributed by atoms with Gasteiger partial charge in [-0.15, -0.1) is 0 Å². The van der Waals surface area contributed by atoms with Gasteiger partial charge >= 0.3 is 0 Å². The summed E-state index contributed by atoms with van der Waals surface area (Å²) in [6, 6.07) is 4.78. The van der Waals surface area contributed by atoms with Crippen molar-refractivity contribution in [2.24, 2.45) is 0 Å². The molecule has 0 spiro atoms. The van der Waals surface area contributed by atoms with Crippen molar-refractivity contribution in [3.63, 3.8) is 0 Å². The van der Waals surface area contributed by atoms with E-state index in [1.54, 1.807) is 12.1 Å². The lowest BCUT2D eigenvalue weighted by atomic mass is 10.3. The van der Waals surface area contributed by atoms with Crippen LogP contribution < -0.4 is 10.6 Å². The fourth-order valence-electron chi connectivity index (χ4n) is 1.15. The molecular formula is C11H15ClN2OS. The first-order chi connectivity index (χ1) is 7.63. The lowest BCUT2D eigenvalue weighted by molar-refractivity contribution is 0.478. The van der Waals surface area contributed by atoms with Crippen molar-refractivity contribution in [2.45, 2.75) is 19.8 Å². The van der Waals surface area contributed by atoms with Crippen LogP contribution in [0.5, 0.6) is 5.75 Å². The number of unbranched alkanes of at least 4 members (excludes halogenated alkanes) is 1.